The maximum atomic E-state index is 14.4. The van der Waals surface area contributed by atoms with Crippen molar-refractivity contribution in [3.05, 3.63) is 209 Å². The summed E-state index contributed by atoms with van der Waals surface area (Å²) in [6.07, 6.45) is 0. The molecule has 8 heteroatoms. The van der Waals surface area contributed by atoms with E-state index in [1.807, 2.05) is 177 Å². The Morgan fingerprint density at radius 2 is 0.911 bits per heavy atom. The van der Waals surface area contributed by atoms with E-state index < -0.39 is 11.9 Å². The number of rotatable bonds is 8. The lowest BCUT2D eigenvalue weighted by Gasteiger charge is -2.21. The predicted octanol–water partition coefficient (Wildman–Crippen LogP) is 10.6. The second kappa shape index (κ2) is 17.7. The zero-order valence-corrected chi connectivity index (χ0v) is 31.1. The summed E-state index contributed by atoms with van der Waals surface area (Å²) in [7, 11) is 0. The van der Waals surface area contributed by atoms with Crippen molar-refractivity contribution in [1.82, 2.24) is 0 Å². The number of nitrogens with one attached hydrogen (secondary N) is 2. The third-order valence-corrected chi connectivity index (χ3v) is 9.08. The number of nitrogens with zero attached hydrogens (tertiary/aromatic N) is 2. The van der Waals surface area contributed by atoms with Crippen LogP contribution in [-0.2, 0) is 32.3 Å². The first-order chi connectivity index (χ1) is 27.4. The van der Waals surface area contributed by atoms with Gasteiger partial charge in [0.25, 0.3) is 0 Å². The molecule has 6 aromatic carbocycles. The van der Waals surface area contributed by atoms with E-state index in [-0.39, 0.29) is 24.4 Å². The van der Waals surface area contributed by atoms with Crippen LogP contribution in [0.4, 0.5) is 22.7 Å². The number of allylic oxidation sites excluding steroid dienone is 1. The lowest BCUT2D eigenvalue weighted by atomic mass is 9.99. The molecule has 0 aliphatic carbocycles. The number of benzene rings is 6. The fraction of sp³-hybridized carbons (Fsp3) is 0.0833. The van der Waals surface area contributed by atoms with Gasteiger partial charge in [0, 0.05) is 11.3 Å². The Hall–Kier alpha value is -7.32. The zero-order chi connectivity index (χ0) is 38.7. The van der Waals surface area contributed by atoms with Gasteiger partial charge in [-0.05, 0) is 54.8 Å². The van der Waals surface area contributed by atoms with Crippen LogP contribution in [0.25, 0.3) is 5.70 Å². The minimum atomic E-state index is -0.551. The Morgan fingerprint density at radius 1 is 0.482 bits per heavy atom. The Bertz CT molecular complexity index is 2460. The van der Waals surface area contributed by atoms with Crippen LogP contribution in [0.2, 0.25) is 0 Å². The molecule has 7 rings (SSSR count). The topological polar surface area (TPSA) is 101 Å². The van der Waals surface area contributed by atoms with Crippen LogP contribution in [-0.4, -0.2) is 23.4 Å². The number of carbonyl (C=O) groups excluding carboxylic acids is 2. The first-order valence-corrected chi connectivity index (χ1v) is 18.3. The van der Waals surface area contributed by atoms with Crippen molar-refractivity contribution in [3.63, 3.8) is 0 Å². The van der Waals surface area contributed by atoms with Crippen molar-refractivity contribution in [2.45, 2.75) is 27.1 Å². The number of ether oxygens (including phenoxy) is 2. The van der Waals surface area contributed by atoms with Crippen LogP contribution in [0, 0.1) is 0 Å². The number of para-hydroxylation sites is 4. The molecule has 0 aromatic heterocycles. The van der Waals surface area contributed by atoms with Crippen molar-refractivity contribution >= 4 is 51.8 Å². The average Bonchev–Trinajstić information content (AvgIpc) is 3.24. The third-order valence-electron chi connectivity index (χ3n) is 9.08. The molecule has 276 valence electrons. The van der Waals surface area contributed by atoms with E-state index >= 15 is 0 Å². The summed E-state index contributed by atoms with van der Waals surface area (Å²) < 4.78 is 12.0. The standard InChI is InChI=1S/C48H40N4O4/c1-33-43(47(53)55-31-35-19-7-3-8-20-35)45(37-23-11-5-12-24-37)51-41-29-17-18-30-42(41)52-46(38-25-13-6-14-26-38)44(48(54)56-32-36-21-9-4-10-22-36)34(2)50-40-28-16-15-27-39(40)49-33/h3-30,49,52H,31-32H2,1-2H3/b43-33+,46-44+,50-34?,51-45?. The zero-order valence-electron chi connectivity index (χ0n) is 31.1. The Kier molecular flexibility index (Phi) is 11.7. The number of anilines is 2. The van der Waals surface area contributed by atoms with Gasteiger partial charge in [0.15, 0.2) is 0 Å². The number of hydrogen-bond donors (Lipinski definition) is 2. The van der Waals surface area contributed by atoms with Gasteiger partial charge >= 0.3 is 11.9 Å². The average molecular weight is 737 g/mol. The van der Waals surface area contributed by atoms with Crippen molar-refractivity contribution in [2.24, 2.45) is 9.98 Å². The Morgan fingerprint density at radius 3 is 1.46 bits per heavy atom. The monoisotopic (exact) mass is 736 g/mol. The summed E-state index contributed by atoms with van der Waals surface area (Å²) in [6.45, 7) is 3.76. The molecule has 0 saturated heterocycles. The molecule has 56 heavy (non-hydrogen) atoms. The molecule has 2 N–H and O–H groups in total. The lowest BCUT2D eigenvalue weighted by Crippen LogP contribution is -2.22. The van der Waals surface area contributed by atoms with E-state index in [2.05, 4.69) is 10.6 Å². The summed E-state index contributed by atoms with van der Waals surface area (Å²) in [5.74, 6) is -1.10. The molecule has 8 nitrogen and oxygen atoms in total. The number of esters is 2. The molecule has 0 saturated carbocycles. The first-order valence-electron chi connectivity index (χ1n) is 18.3. The van der Waals surface area contributed by atoms with Gasteiger partial charge in [-0.2, -0.15) is 0 Å². The van der Waals surface area contributed by atoms with Crippen molar-refractivity contribution in [3.8, 4) is 0 Å². The fourth-order valence-electron chi connectivity index (χ4n) is 6.30. The van der Waals surface area contributed by atoms with Gasteiger partial charge in [-0.1, -0.05) is 146 Å². The molecule has 1 heterocycles. The van der Waals surface area contributed by atoms with Crippen molar-refractivity contribution < 1.29 is 19.1 Å². The van der Waals surface area contributed by atoms with Crippen LogP contribution in [0.1, 0.15) is 36.1 Å². The maximum Gasteiger partial charge on any atom is 0.342 e. The minimum Gasteiger partial charge on any atom is -0.457 e. The quantitative estimate of drug-likeness (QED) is 0.151. The fourth-order valence-corrected chi connectivity index (χ4v) is 6.30. The van der Waals surface area contributed by atoms with Crippen molar-refractivity contribution in [2.75, 3.05) is 10.6 Å². The van der Waals surface area contributed by atoms with Gasteiger partial charge in [-0.3, -0.25) is 4.99 Å². The molecule has 6 aromatic rings. The second-order valence-electron chi connectivity index (χ2n) is 13.0. The van der Waals surface area contributed by atoms with E-state index in [0.717, 1.165) is 16.7 Å². The SMILES string of the molecule is CC1=Nc2ccccc2N/C(C)=C(/C(=O)OCc2ccccc2)C(c2ccccc2)=Nc2ccccc2N/C(c2ccccc2)=C\1C(=O)OCc1ccccc1. The molecule has 0 atom stereocenters. The highest BCUT2D eigenvalue weighted by atomic mass is 16.5. The molecular formula is C48H40N4O4. The third kappa shape index (κ3) is 8.89. The van der Waals surface area contributed by atoms with Crippen LogP contribution in [0.15, 0.2) is 197 Å². The van der Waals surface area contributed by atoms with E-state index in [1.165, 1.54) is 0 Å². The predicted molar refractivity (Wildman–Crippen MR) is 224 cm³/mol. The molecule has 1 aliphatic rings. The Labute approximate surface area is 326 Å². The van der Waals surface area contributed by atoms with Gasteiger partial charge in [0.05, 0.1) is 39.9 Å². The normalized spacial score (nSPS) is 15.7. The van der Waals surface area contributed by atoms with E-state index in [4.69, 9.17) is 19.5 Å². The molecule has 0 amide bonds. The van der Waals surface area contributed by atoms with Crippen molar-refractivity contribution in [1.29, 1.82) is 0 Å². The second-order valence-corrected chi connectivity index (χ2v) is 13.0. The van der Waals surface area contributed by atoms with Crippen LogP contribution < -0.4 is 10.6 Å². The number of fused-ring (bicyclic) bond motifs is 2. The summed E-state index contributed by atoms with van der Waals surface area (Å²) in [5.41, 5.74) is 7.67. The van der Waals surface area contributed by atoms with E-state index in [0.29, 0.717) is 51.1 Å². The van der Waals surface area contributed by atoms with Crippen LogP contribution >= 0.6 is 0 Å². The summed E-state index contributed by atoms with van der Waals surface area (Å²) in [5, 5.41) is 7.03. The highest BCUT2D eigenvalue weighted by Gasteiger charge is 2.27. The highest BCUT2D eigenvalue weighted by Crippen LogP contribution is 2.35. The van der Waals surface area contributed by atoms with E-state index in [9.17, 15) is 9.59 Å². The highest BCUT2D eigenvalue weighted by molar-refractivity contribution is 6.29. The van der Waals surface area contributed by atoms with Crippen LogP contribution in [0.3, 0.4) is 0 Å². The largest absolute Gasteiger partial charge is 0.457 e. The minimum absolute atomic E-state index is 0.0745. The van der Waals surface area contributed by atoms with Gasteiger partial charge in [0.2, 0.25) is 0 Å². The molecule has 1 aliphatic heterocycles. The summed E-state index contributed by atoms with van der Waals surface area (Å²) in [6, 6.07) is 53.2. The molecule has 0 unspecified atom stereocenters. The Balaban J connectivity index is 1.46. The van der Waals surface area contributed by atoms with Gasteiger partial charge in [-0.15, -0.1) is 0 Å². The lowest BCUT2D eigenvalue weighted by molar-refractivity contribution is -0.140. The molecule has 0 radical (unpaired) electrons. The smallest absolute Gasteiger partial charge is 0.342 e. The van der Waals surface area contributed by atoms with Crippen LogP contribution in [0.5, 0.6) is 0 Å². The van der Waals surface area contributed by atoms with Gasteiger partial charge < -0.3 is 20.1 Å². The molecular weight excluding hydrogens is 697 g/mol. The molecule has 0 spiro atoms. The first kappa shape index (κ1) is 37.0. The molecule has 0 fully saturated rings. The van der Waals surface area contributed by atoms with E-state index in [1.54, 1.807) is 6.92 Å². The van der Waals surface area contributed by atoms with Gasteiger partial charge in [-0.25, -0.2) is 14.6 Å². The number of aliphatic imine (C=N–C) groups is 2. The summed E-state index contributed by atoms with van der Waals surface area (Å²) >= 11 is 0. The van der Waals surface area contributed by atoms with Gasteiger partial charge in [0.1, 0.15) is 24.4 Å². The number of hydrogen-bond acceptors (Lipinski definition) is 8. The maximum absolute atomic E-state index is 14.4. The molecule has 0 bridgehead atoms. The summed E-state index contributed by atoms with van der Waals surface area (Å²) in [4.78, 5) is 39.1. The number of carbonyl (C=O) groups is 2.